The van der Waals surface area contributed by atoms with E-state index in [2.05, 4.69) is 35.8 Å². The Labute approximate surface area is 186 Å². The zero-order chi connectivity index (χ0) is 22.6. The molecular formula is C21H20F3N9. The molecule has 1 saturated carbocycles. The summed E-state index contributed by atoms with van der Waals surface area (Å²) in [4.78, 5) is 6.21. The number of hydrogen-bond donors (Lipinski definition) is 2. The molecule has 170 valence electrons. The van der Waals surface area contributed by atoms with Crippen LogP contribution in [0.4, 0.5) is 19.1 Å². The first-order valence-corrected chi connectivity index (χ1v) is 10.7. The fraction of sp³-hybridized carbons (Fsp3) is 0.381. The Morgan fingerprint density at radius 3 is 2.70 bits per heavy atom. The molecular weight excluding hydrogens is 435 g/mol. The zero-order valence-corrected chi connectivity index (χ0v) is 17.4. The van der Waals surface area contributed by atoms with Crippen LogP contribution in [-0.4, -0.2) is 67.0 Å². The predicted octanol–water partition coefficient (Wildman–Crippen LogP) is 2.72. The van der Waals surface area contributed by atoms with E-state index in [4.69, 9.17) is 0 Å². The van der Waals surface area contributed by atoms with Gasteiger partial charge in [0.25, 0.3) is 0 Å². The van der Waals surface area contributed by atoms with E-state index < -0.39 is 17.6 Å². The molecule has 9 nitrogen and oxygen atoms in total. The molecule has 2 aliphatic rings. The highest BCUT2D eigenvalue weighted by Gasteiger charge is 2.67. The van der Waals surface area contributed by atoms with E-state index >= 15 is 0 Å². The molecule has 4 heterocycles. The summed E-state index contributed by atoms with van der Waals surface area (Å²) in [5.74, 6) is 0.333. The van der Waals surface area contributed by atoms with Crippen LogP contribution in [0.15, 0.2) is 43.0 Å². The molecule has 1 saturated heterocycles. The van der Waals surface area contributed by atoms with Crippen LogP contribution < -0.4 is 10.2 Å². The number of benzene rings is 1. The molecule has 2 N–H and O–H groups in total. The first-order chi connectivity index (χ1) is 16.0. The largest absolute Gasteiger partial charge is 0.396 e. The van der Waals surface area contributed by atoms with E-state index in [1.54, 1.807) is 28.2 Å². The Balaban J connectivity index is 1.27. The van der Waals surface area contributed by atoms with Crippen LogP contribution in [0.25, 0.3) is 27.8 Å². The normalized spacial score (nSPS) is 20.3. The maximum Gasteiger partial charge on any atom is 0.396 e. The van der Waals surface area contributed by atoms with Gasteiger partial charge in [0.2, 0.25) is 5.95 Å². The van der Waals surface area contributed by atoms with Gasteiger partial charge in [-0.3, -0.25) is 5.10 Å². The third-order valence-corrected chi connectivity index (χ3v) is 6.65. The monoisotopic (exact) mass is 455 g/mol. The minimum atomic E-state index is -4.21. The van der Waals surface area contributed by atoms with Crippen LogP contribution >= 0.6 is 0 Å². The molecule has 1 aromatic carbocycles. The molecule has 0 radical (unpaired) electrons. The Morgan fingerprint density at radius 1 is 1.12 bits per heavy atom. The van der Waals surface area contributed by atoms with Crippen molar-refractivity contribution < 1.29 is 13.2 Å². The van der Waals surface area contributed by atoms with Gasteiger partial charge >= 0.3 is 6.18 Å². The van der Waals surface area contributed by atoms with E-state index in [-0.39, 0.29) is 19.4 Å². The Bertz CT molecular complexity index is 1280. The molecule has 1 aliphatic heterocycles. The summed E-state index contributed by atoms with van der Waals surface area (Å²) in [6.45, 7) is 1.17. The standard InChI is InChI=1S/C21H20F3N9/c22-21(23,24)20(4-5-20)17-12-32(9-7-25-17)19-26-11-15(29-31-19)13-2-3-16(33-8-1-6-28-33)18-14(13)10-27-30-18/h1-3,6,8,10-11,17,25H,4-5,7,9,12H2,(H,27,30). The molecule has 3 aromatic heterocycles. The van der Waals surface area contributed by atoms with E-state index in [0.29, 0.717) is 24.7 Å². The molecule has 2 fully saturated rings. The molecule has 0 spiro atoms. The van der Waals surface area contributed by atoms with E-state index in [1.807, 2.05) is 24.4 Å². The van der Waals surface area contributed by atoms with Crippen molar-refractivity contribution in [2.24, 2.45) is 5.41 Å². The van der Waals surface area contributed by atoms with Gasteiger partial charge in [0, 0.05) is 49.0 Å². The number of halogens is 3. The maximum atomic E-state index is 13.6. The molecule has 1 aliphatic carbocycles. The molecule has 0 amide bonds. The number of nitrogens with zero attached hydrogens (tertiary/aromatic N) is 7. The van der Waals surface area contributed by atoms with Crippen molar-refractivity contribution in [3.05, 3.63) is 43.0 Å². The van der Waals surface area contributed by atoms with Gasteiger partial charge in [-0.05, 0) is 31.0 Å². The summed E-state index contributed by atoms with van der Waals surface area (Å²) in [5, 5.41) is 23.9. The van der Waals surface area contributed by atoms with Crippen LogP contribution in [0.3, 0.4) is 0 Å². The van der Waals surface area contributed by atoms with Crippen molar-refractivity contribution in [2.45, 2.75) is 25.1 Å². The molecule has 1 unspecified atom stereocenters. The third-order valence-electron chi connectivity index (χ3n) is 6.65. The Kier molecular flexibility index (Phi) is 4.41. The first kappa shape index (κ1) is 20.1. The second-order valence-corrected chi connectivity index (χ2v) is 8.49. The quantitative estimate of drug-likeness (QED) is 0.488. The van der Waals surface area contributed by atoms with Crippen LogP contribution in [0.2, 0.25) is 0 Å². The SMILES string of the molecule is FC(F)(F)C1(C2CN(c3ncc(-c4ccc(-n5cccn5)c5[nH]ncc45)nn3)CCN2)CC1. The van der Waals surface area contributed by atoms with Gasteiger partial charge < -0.3 is 10.2 Å². The van der Waals surface area contributed by atoms with Crippen molar-refractivity contribution in [2.75, 3.05) is 24.5 Å². The Morgan fingerprint density at radius 2 is 2.00 bits per heavy atom. The van der Waals surface area contributed by atoms with Crippen LogP contribution in [0, 0.1) is 5.41 Å². The lowest BCUT2D eigenvalue weighted by atomic mass is 9.93. The lowest BCUT2D eigenvalue weighted by Gasteiger charge is -2.38. The van der Waals surface area contributed by atoms with E-state index in [1.165, 1.54) is 0 Å². The molecule has 4 aromatic rings. The smallest absolute Gasteiger partial charge is 0.337 e. The topological polar surface area (TPSA) is 100 Å². The van der Waals surface area contributed by atoms with Crippen molar-refractivity contribution in [3.8, 4) is 16.9 Å². The second-order valence-electron chi connectivity index (χ2n) is 8.49. The van der Waals surface area contributed by atoms with Crippen LogP contribution in [0.5, 0.6) is 0 Å². The number of anilines is 1. The van der Waals surface area contributed by atoms with Gasteiger partial charge in [0.05, 0.1) is 29.0 Å². The fourth-order valence-electron chi connectivity index (χ4n) is 4.65. The number of H-pyrrole nitrogens is 1. The van der Waals surface area contributed by atoms with Gasteiger partial charge in [0.15, 0.2) is 0 Å². The van der Waals surface area contributed by atoms with Gasteiger partial charge in [-0.15, -0.1) is 10.2 Å². The van der Waals surface area contributed by atoms with Gasteiger partial charge in [-0.2, -0.15) is 23.4 Å². The number of rotatable bonds is 4. The lowest BCUT2D eigenvalue weighted by molar-refractivity contribution is -0.195. The molecule has 0 bridgehead atoms. The first-order valence-electron chi connectivity index (χ1n) is 10.7. The van der Waals surface area contributed by atoms with Crippen molar-refractivity contribution in [1.29, 1.82) is 0 Å². The minimum absolute atomic E-state index is 0.162. The summed E-state index contributed by atoms with van der Waals surface area (Å²) in [6.07, 6.45) is 2.96. The van der Waals surface area contributed by atoms with Gasteiger partial charge in [-0.1, -0.05) is 0 Å². The average molecular weight is 455 g/mol. The van der Waals surface area contributed by atoms with Crippen LogP contribution in [0.1, 0.15) is 12.8 Å². The molecule has 33 heavy (non-hydrogen) atoms. The number of nitrogens with one attached hydrogen (secondary N) is 2. The number of alkyl halides is 3. The lowest BCUT2D eigenvalue weighted by Crippen LogP contribution is -2.58. The highest BCUT2D eigenvalue weighted by Crippen LogP contribution is 2.60. The van der Waals surface area contributed by atoms with Crippen molar-refractivity contribution >= 4 is 16.9 Å². The number of fused-ring (bicyclic) bond motifs is 1. The fourth-order valence-corrected chi connectivity index (χ4v) is 4.65. The van der Waals surface area contributed by atoms with E-state index in [9.17, 15) is 13.2 Å². The summed E-state index contributed by atoms with van der Waals surface area (Å²) >= 11 is 0. The molecule has 6 rings (SSSR count). The Hall–Kier alpha value is -3.54. The molecule has 1 atom stereocenters. The number of piperazine rings is 1. The van der Waals surface area contributed by atoms with Crippen molar-refractivity contribution in [1.82, 2.24) is 40.5 Å². The van der Waals surface area contributed by atoms with Crippen LogP contribution in [-0.2, 0) is 0 Å². The maximum absolute atomic E-state index is 13.6. The highest BCUT2D eigenvalue weighted by molar-refractivity contribution is 5.97. The summed E-state index contributed by atoms with van der Waals surface area (Å²) in [7, 11) is 0. The number of aromatic nitrogens is 7. The van der Waals surface area contributed by atoms with E-state index in [0.717, 1.165) is 22.2 Å². The number of hydrogen-bond acceptors (Lipinski definition) is 7. The number of aromatic amines is 1. The summed E-state index contributed by atoms with van der Waals surface area (Å²) < 4.78 is 42.4. The molecule has 12 heteroatoms. The summed E-state index contributed by atoms with van der Waals surface area (Å²) in [5.41, 5.74) is 1.36. The zero-order valence-electron chi connectivity index (χ0n) is 17.4. The van der Waals surface area contributed by atoms with Gasteiger partial charge in [0.1, 0.15) is 5.69 Å². The summed E-state index contributed by atoms with van der Waals surface area (Å²) in [6, 6.07) is 4.98. The highest BCUT2D eigenvalue weighted by atomic mass is 19.4. The predicted molar refractivity (Wildman–Crippen MR) is 114 cm³/mol. The second kappa shape index (κ2) is 7.24. The average Bonchev–Trinajstić information content (AvgIpc) is 3.23. The minimum Gasteiger partial charge on any atom is -0.337 e. The third kappa shape index (κ3) is 3.24. The van der Waals surface area contributed by atoms with Gasteiger partial charge in [-0.25, -0.2) is 9.67 Å². The van der Waals surface area contributed by atoms with Crippen molar-refractivity contribution in [3.63, 3.8) is 0 Å².